The van der Waals surface area contributed by atoms with Crippen LogP contribution in [-0.4, -0.2) is 47.9 Å². The molecule has 30 heavy (non-hydrogen) atoms. The number of ether oxygens (including phenoxy) is 3. The first-order chi connectivity index (χ1) is 14.3. The molecule has 0 spiro atoms. The molecule has 0 aromatic heterocycles. The summed E-state index contributed by atoms with van der Waals surface area (Å²) in [6, 6.07) is 10.5. The van der Waals surface area contributed by atoms with E-state index in [1.807, 2.05) is 6.92 Å². The first-order valence-electron chi connectivity index (χ1n) is 9.17. The van der Waals surface area contributed by atoms with Crippen LogP contribution in [0, 0.1) is 0 Å². The maximum Gasteiger partial charge on any atom is 0.339 e. The predicted octanol–water partition coefficient (Wildman–Crippen LogP) is 3.92. The normalized spacial score (nSPS) is 11.0. The van der Waals surface area contributed by atoms with Crippen LogP contribution < -0.4 is 9.04 Å². The van der Waals surface area contributed by atoms with E-state index >= 15 is 0 Å². The molecule has 0 heterocycles. The average molecular weight is 454 g/mol. The second-order valence-corrected chi connectivity index (χ2v) is 8.27. The van der Waals surface area contributed by atoms with Crippen LogP contribution in [-0.2, 0) is 19.5 Å². The molecular weight excluding hydrogens is 430 g/mol. The number of carbonyl (C=O) groups excluding carboxylic acids is 1. The Labute approximate surface area is 181 Å². The molecule has 2 aromatic carbocycles. The first-order valence-corrected chi connectivity index (χ1v) is 11.0. The second kappa shape index (κ2) is 11.0. The highest BCUT2D eigenvalue weighted by molar-refractivity contribution is 7.92. The summed E-state index contributed by atoms with van der Waals surface area (Å²) in [6.45, 7) is 6.27. The van der Waals surface area contributed by atoms with Crippen molar-refractivity contribution >= 4 is 33.3 Å². The third-order valence-corrected chi connectivity index (χ3v) is 6.19. The van der Waals surface area contributed by atoms with Crippen molar-refractivity contribution < 1.29 is 27.4 Å². The fourth-order valence-electron chi connectivity index (χ4n) is 2.57. The van der Waals surface area contributed by atoms with Gasteiger partial charge in [-0.3, -0.25) is 4.31 Å². The number of esters is 1. The number of benzene rings is 2. The predicted molar refractivity (Wildman–Crippen MR) is 116 cm³/mol. The molecule has 0 unspecified atom stereocenters. The Morgan fingerprint density at radius 3 is 2.47 bits per heavy atom. The molecule has 0 saturated carbocycles. The van der Waals surface area contributed by atoms with Crippen molar-refractivity contribution in [3.05, 3.63) is 65.7 Å². The Morgan fingerprint density at radius 2 is 1.87 bits per heavy atom. The van der Waals surface area contributed by atoms with Gasteiger partial charge in [0.05, 0.1) is 41.4 Å². The SMILES string of the molecule is C=CCN(c1ccc(OC)cc1)S(=O)(=O)c1ccc(Cl)c(C(=O)OCCOCC)c1. The third-order valence-electron chi connectivity index (χ3n) is 4.07. The molecule has 2 aromatic rings. The van der Waals surface area contributed by atoms with Gasteiger partial charge in [0.15, 0.2) is 0 Å². The Balaban J connectivity index is 2.36. The molecule has 0 N–H and O–H groups in total. The van der Waals surface area contributed by atoms with Gasteiger partial charge in [-0.25, -0.2) is 13.2 Å². The molecular formula is C21H24ClNO6S. The third kappa shape index (κ3) is 5.75. The van der Waals surface area contributed by atoms with Crippen LogP contribution >= 0.6 is 11.6 Å². The van der Waals surface area contributed by atoms with Gasteiger partial charge in [-0.05, 0) is 49.4 Å². The van der Waals surface area contributed by atoms with E-state index in [0.29, 0.717) is 18.0 Å². The minimum Gasteiger partial charge on any atom is -0.497 e. The molecule has 0 aliphatic rings. The van der Waals surface area contributed by atoms with E-state index in [0.717, 1.165) is 0 Å². The summed E-state index contributed by atoms with van der Waals surface area (Å²) < 4.78 is 43.1. The van der Waals surface area contributed by atoms with Gasteiger partial charge in [-0.15, -0.1) is 6.58 Å². The lowest BCUT2D eigenvalue weighted by atomic mass is 10.2. The Bertz CT molecular complexity index is 975. The monoisotopic (exact) mass is 453 g/mol. The molecule has 7 nitrogen and oxygen atoms in total. The van der Waals surface area contributed by atoms with Crippen molar-refractivity contribution in [2.45, 2.75) is 11.8 Å². The second-order valence-electron chi connectivity index (χ2n) is 6.00. The van der Waals surface area contributed by atoms with Crippen LogP contribution in [0.2, 0.25) is 5.02 Å². The Morgan fingerprint density at radius 1 is 1.17 bits per heavy atom. The molecule has 0 atom stereocenters. The summed E-state index contributed by atoms with van der Waals surface area (Å²) >= 11 is 6.10. The van der Waals surface area contributed by atoms with Gasteiger partial charge in [0, 0.05) is 6.61 Å². The summed E-state index contributed by atoms with van der Waals surface area (Å²) in [5.41, 5.74) is 0.383. The van der Waals surface area contributed by atoms with E-state index in [1.165, 1.54) is 35.7 Å². The van der Waals surface area contributed by atoms with Crippen LogP contribution in [0.15, 0.2) is 60.0 Å². The fraction of sp³-hybridized carbons (Fsp3) is 0.286. The van der Waals surface area contributed by atoms with Crippen molar-refractivity contribution in [1.82, 2.24) is 0 Å². The van der Waals surface area contributed by atoms with Crippen molar-refractivity contribution in [3.63, 3.8) is 0 Å². The number of halogens is 1. The van der Waals surface area contributed by atoms with Crippen LogP contribution in [0.25, 0.3) is 0 Å². The van der Waals surface area contributed by atoms with Gasteiger partial charge in [0.1, 0.15) is 12.4 Å². The number of rotatable bonds is 11. The highest BCUT2D eigenvalue weighted by Gasteiger charge is 2.26. The first kappa shape index (κ1) is 23.7. The molecule has 0 radical (unpaired) electrons. The molecule has 0 saturated heterocycles. The average Bonchev–Trinajstić information content (AvgIpc) is 2.75. The lowest BCUT2D eigenvalue weighted by Crippen LogP contribution is -2.31. The van der Waals surface area contributed by atoms with Crippen molar-refractivity contribution in [3.8, 4) is 5.75 Å². The lowest BCUT2D eigenvalue weighted by Gasteiger charge is -2.23. The van der Waals surface area contributed by atoms with Gasteiger partial charge in [-0.2, -0.15) is 0 Å². The number of anilines is 1. The highest BCUT2D eigenvalue weighted by atomic mass is 35.5. The van der Waals surface area contributed by atoms with Crippen LogP contribution in [0.1, 0.15) is 17.3 Å². The van der Waals surface area contributed by atoms with Gasteiger partial charge >= 0.3 is 5.97 Å². The molecule has 0 aliphatic heterocycles. The molecule has 162 valence electrons. The summed E-state index contributed by atoms with van der Waals surface area (Å²) in [6.07, 6.45) is 1.47. The number of carbonyl (C=O) groups is 1. The van der Waals surface area contributed by atoms with Crippen molar-refractivity contribution in [1.29, 1.82) is 0 Å². The van der Waals surface area contributed by atoms with Gasteiger partial charge in [-0.1, -0.05) is 17.7 Å². The number of methoxy groups -OCH3 is 1. The number of hydrogen-bond acceptors (Lipinski definition) is 6. The molecule has 0 amide bonds. The minimum atomic E-state index is -4.01. The van der Waals surface area contributed by atoms with E-state index < -0.39 is 16.0 Å². The van der Waals surface area contributed by atoms with Crippen LogP contribution in [0.4, 0.5) is 5.69 Å². The zero-order chi connectivity index (χ0) is 22.1. The minimum absolute atomic E-state index is 0.0332. The number of sulfonamides is 1. The quantitative estimate of drug-likeness (QED) is 0.291. The van der Waals surface area contributed by atoms with E-state index in [2.05, 4.69) is 6.58 Å². The van der Waals surface area contributed by atoms with E-state index in [-0.39, 0.29) is 35.2 Å². The molecule has 0 aliphatic carbocycles. The topological polar surface area (TPSA) is 82.1 Å². The molecule has 2 rings (SSSR count). The zero-order valence-corrected chi connectivity index (χ0v) is 18.4. The lowest BCUT2D eigenvalue weighted by molar-refractivity contribution is 0.0335. The summed E-state index contributed by atoms with van der Waals surface area (Å²) in [5.74, 6) is -0.130. The Kier molecular flexibility index (Phi) is 8.71. The van der Waals surface area contributed by atoms with Gasteiger partial charge < -0.3 is 14.2 Å². The van der Waals surface area contributed by atoms with Crippen LogP contribution in [0.5, 0.6) is 5.75 Å². The Hall–Kier alpha value is -2.55. The summed E-state index contributed by atoms with van der Waals surface area (Å²) in [7, 11) is -2.48. The highest BCUT2D eigenvalue weighted by Crippen LogP contribution is 2.28. The summed E-state index contributed by atoms with van der Waals surface area (Å²) in [5, 5.41) is 0.0927. The number of nitrogens with zero attached hydrogens (tertiary/aromatic N) is 1. The van der Waals surface area contributed by atoms with Crippen LogP contribution in [0.3, 0.4) is 0 Å². The van der Waals surface area contributed by atoms with E-state index in [1.54, 1.807) is 24.3 Å². The maximum atomic E-state index is 13.3. The van der Waals surface area contributed by atoms with Crippen molar-refractivity contribution in [2.24, 2.45) is 0 Å². The number of hydrogen-bond donors (Lipinski definition) is 0. The zero-order valence-electron chi connectivity index (χ0n) is 16.8. The smallest absolute Gasteiger partial charge is 0.339 e. The molecule has 0 bridgehead atoms. The molecule has 0 fully saturated rings. The molecule has 9 heteroatoms. The maximum absolute atomic E-state index is 13.3. The standard InChI is InChI=1S/C21H24ClNO6S/c1-4-12-23(16-6-8-17(27-3)9-7-16)30(25,26)18-10-11-20(22)19(15-18)21(24)29-14-13-28-5-2/h4,6-11,15H,1,5,12-14H2,2-3H3. The van der Waals surface area contributed by atoms with Gasteiger partial charge in [0.25, 0.3) is 10.0 Å². The van der Waals surface area contributed by atoms with E-state index in [4.69, 9.17) is 25.8 Å². The fourth-order valence-corrected chi connectivity index (χ4v) is 4.23. The summed E-state index contributed by atoms with van der Waals surface area (Å²) in [4.78, 5) is 12.2. The van der Waals surface area contributed by atoms with E-state index in [9.17, 15) is 13.2 Å². The largest absolute Gasteiger partial charge is 0.497 e. The van der Waals surface area contributed by atoms with Gasteiger partial charge in [0.2, 0.25) is 0 Å². The van der Waals surface area contributed by atoms with Crippen molar-refractivity contribution in [2.75, 3.05) is 37.8 Å².